The van der Waals surface area contributed by atoms with Gasteiger partial charge in [-0.3, -0.25) is 0 Å². The van der Waals surface area contributed by atoms with E-state index in [1.807, 2.05) is 30.5 Å². The molecule has 0 atom stereocenters. The Morgan fingerprint density at radius 2 is 2.16 bits per heavy atom. The van der Waals surface area contributed by atoms with E-state index in [4.69, 9.17) is 4.74 Å². The van der Waals surface area contributed by atoms with Gasteiger partial charge in [0.1, 0.15) is 17.4 Å². The van der Waals surface area contributed by atoms with Crippen LogP contribution in [0.3, 0.4) is 0 Å². The average molecular weight is 273 g/mol. The van der Waals surface area contributed by atoms with Gasteiger partial charge in [-0.15, -0.1) is 10.2 Å². The molecule has 0 aliphatic rings. The Balaban J connectivity index is 1.70. The fourth-order valence-electron chi connectivity index (χ4n) is 1.82. The second-order valence-electron chi connectivity index (χ2n) is 4.70. The van der Waals surface area contributed by atoms with Gasteiger partial charge in [0.05, 0.1) is 0 Å². The number of ether oxygens (including phenoxy) is 1. The van der Waals surface area contributed by atoms with Gasteiger partial charge >= 0.3 is 0 Å². The summed E-state index contributed by atoms with van der Waals surface area (Å²) < 4.78 is 5.76. The van der Waals surface area contributed by atoms with Crippen LogP contribution in [0.25, 0.3) is 10.9 Å². The molecule has 0 bridgehead atoms. The Kier molecular flexibility index (Phi) is 3.21. The van der Waals surface area contributed by atoms with E-state index in [0.29, 0.717) is 12.5 Å². The number of hydrogen-bond acceptors (Lipinski definition) is 4. The minimum absolute atomic E-state index is 0.419. The molecule has 0 saturated carbocycles. The lowest BCUT2D eigenvalue weighted by Gasteiger charge is -2.03. The molecule has 0 spiro atoms. The molecule has 0 amide bonds. The highest BCUT2D eigenvalue weighted by atomic mass is 32.1. The minimum Gasteiger partial charge on any atom is -0.486 e. The van der Waals surface area contributed by atoms with Crippen molar-refractivity contribution in [2.24, 2.45) is 0 Å². The Morgan fingerprint density at radius 3 is 2.95 bits per heavy atom. The molecule has 3 rings (SSSR count). The van der Waals surface area contributed by atoms with Gasteiger partial charge < -0.3 is 9.72 Å². The average Bonchev–Trinajstić information content (AvgIpc) is 3.04. The van der Waals surface area contributed by atoms with E-state index in [2.05, 4.69) is 29.0 Å². The first-order valence-corrected chi connectivity index (χ1v) is 7.06. The van der Waals surface area contributed by atoms with Crippen LogP contribution in [-0.4, -0.2) is 15.2 Å². The number of hydrogen-bond donors (Lipinski definition) is 1. The molecule has 0 radical (unpaired) electrons. The summed E-state index contributed by atoms with van der Waals surface area (Å²) in [6.45, 7) is 4.70. The van der Waals surface area contributed by atoms with Crippen molar-refractivity contribution in [2.45, 2.75) is 26.4 Å². The molecule has 5 heteroatoms. The molecular weight excluding hydrogens is 258 g/mol. The summed E-state index contributed by atoms with van der Waals surface area (Å²) in [5.74, 6) is 1.27. The number of fused-ring (bicyclic) bond motifs is 1. The summed E-state index contributed by atoms with van der Waals surface area (Å²) >= 11 is 1.61. The second kappa shape index (κ2) is 5.01. The molecule has 2 heterocycles. The highest BCUT2D eigenvalue weighted by Crippen LogP contribution is 2.23. The normalized spacial score (nSPS) is 11.3. The summed E-state index contributed by atoms with van der Waals surface area (Å²) in [5.41, 5.74) is 1.12. The van der Waals surface area contributed by atoms with E-state index in [0.717, 1.165) is 26.7 Å². The standard InChI is InChI=1S/C14H15N3OS/c1-9(2)14-17-16-13(19-14)8-18-11-3-4-12-10(7-11)5-6-15-12/h3-7,9,15H,8H2,1-2H3. The van der Waals surface area contributed by atoms with Gasteiger partial charge in [0, 0.05) is 23.0 Å². The zero-order chi connectivity index (χ0) is 13.2. The maximum atomic E-state index is 5.76. The summed E-state index contributed by atoms with van der Waals surface area (Å²) in [6, 6.07) is 8.04. The summed E-state index contributed by atoms with van der Waals surface area (Å²) in [6.07, 6.45) is 1.92. The molecule has 19 heavy (non-hydrogen) atoms. The van der Waals surface area contributed by atoms with Gasteiger partial charge in [-0.05, 0) is 24.3 Å². The number of H-pyrrole nitrogens is 1. The van der Waals surface area contributed by atoms with Crippen LogP contribution < -0.4 is 4.74 Å². The number of nitrogens with zero attached hydrogens (tertiary/aromatic N) is 2. The first-order chi connectivity index (χ1) is 9.22. The van der Waals surface area contributed by atoms with Crippen molar-refractivity contribution in [3.05, 3.63) is 40.5 Å². The quantitative estimate of drug-likeness (QED) is 0.788. The Labute approximate surface area is 115 Å². The van der Waals surface area contributed by atoms with Gasteiger partial charge in [-0.1, -0.05) is 25.2 Å². The topological polar surface area (TPSA) is 50.8 Å². The Morgan fingerprint density at radius 1 is 1.26 bits per heavy atom. The molecule has 1 aromatic carbocycles. The maximum absolute atomic E-state index is 5.76. The SMILES string of the molecule is CC(C)c1nnc(COc2ccc3[nH]ccc3c2)s1. The van der Waals surface area contributed by atoms with Crippen molar-refractivity contribution in [3.8, 4) is 5.75 Å². The fraction of sp³-hybridized carbons (Fsp3) is 0.286. The highest BCUT2D eigenvalue weighted by molar-refractivity contribution is 7.11. The van der Waals surface area contributed by atoms with Crippen LogP contribution >= 0.6 is 11.3 Å². The van der Waals surface area contributed by atoms with Crippen LogP contribution in [0.2, 0.25) is 0 Å². The van der Waals surface area contributed by atoms with E-state index in [-0.39, 0.29) is 0 Å². The predicted molar refractivity (Wildman–Crippen MR) is 76.6 cm³/mol. The van der Waals surface area contributed by atoms with E-state index < -0.39 is 0 Å². The van der Waals surface area contributed by atoms with Crippen LogP contribution in [0, 0.1) is 0 Å². The van der Waals surface area contributed by atoms with Crippen molar-refractivity contribution in [2.75, 3.05) is 0 Å². The lowest BCUT2D eigenvalue weighted by molar-refractivity contribution is 0.305. The number of aromatic amines is 1. The molecule has 0 aliphatic carbocycles. The fourth-order valence-corrected chi connectivity index (χ4v) is 2.58. The third-order valence-electron chi connectivity index (χ3n) is 2.86. The van der Waals surface area contributed by atoms with Crippen LogP contribution in [0.1, 0.15) is 29.8 Å². The maximum Gasteiger partial charge on any atom is 0.155 e. The highest BCUT2D eigenvalue weighted by Gasteiger charge is 2.08. The van der Waals surface area contributed by atoms with Crippen LogP contribution in [-0.2, 0) is 6.61 Å². The lowest BCUT2D eigenvalue weighted by Crippen LogP contribution is -1.94. The molecule has 4 nitrogen and oxygen atoms in total. The van der Waals surface area contributed by atoms with Gasteiger partial charge in [0.25, 0.3) is 0 Å². The Hall–Kier alpha value is -1.88. The first-order valence-electron chi connectivity index (χ1n) is 6.24. The van der Waals surface area contributed by atoms with E-state index in [1.54, 1.807) is 11.3 Å². The number of nitrogens with one attached hydrogen (secondary N) is 1. The van der Waals surface area contributed by atoms with E-state index in [9.17, 15) is 0 Å². The second-order valence-corrected chi connectivity index (χ2v) is 5.80. The van der Waals surface area contributed by atoms with Gasteiger partial charge in [-0.2, -0.15) is 0 Å². The molecule has 98 valence electrons. The molecule has 1 N–H and O–H groups in total. The minimum atomic E-state index is 0.419. The number of benzene rings is 1. The van der Waals surface area contributed by atoms with Crippen molar-refractivity contribution in [1.29, 1.82) is 0 Å². The predicted octanol–water partition coefficient (Wildman–Crippen LogP) is 3.72. The van der Waals surface area contributed by atoms with Crippen LogP contribution in [0.4, 0.5) is 0 Å². The molecule has 3 aromatic rings. The van der Waals surface area contributed by atoms with Crippen molar-refractivity contribution < 1.29 is 4.74 Å². The molecule has 0 unspecified atom stereocenters. The number of rotatable bonds is 4. The summed E-state index contributed by atoms with van der Waals surface area (Å²) in [7, 11) is 0. The van der Waals surface area contributed by atoms with Gasteiger partial charge in [0.15, 0.2) is 5.01 Å². The Bertz CT molecular complexity index is 687. The molecular formula is C14H15N3OS. The molecule has 2 aromatic heterocycles. The third-order valence-corrected chi connectivity index (χ3v) is 4.06. The molecule has 0 fully saturated rings. The number of aromatic nitrogens is 3. The zero-order valence-corrected chi connectivity index (χ0v) is 11.7. The van der Waals surface area contributed by atoms with E-state index in [1.165, 1.54) is 0 Å². The first kappa shape index (κ1) is 12.2. The van der Waals surface area contributed by atoms with Gasteiger partial charge in [-0.25, -0.2) is 0 Å². The zero-order valence-electron chi connectivity index (χ0n) is 10.9. The monoisotopic (exact) mass is 273 g/mol. The van der Waals surface area contributed by atoms with E-state index >= 15 is 0 Å². The third kappa shape index (κ3) is 2.61. The van der Waals surface area contributed by atoms with Crippen LogP contribution in [0.15, 0.2) is 30.5 Å². The molecule has 0 saturated heterocycles. The lowest BCUT2D eigenvalue weighted by atomic mass is 10.2. The van der Waals surface area contributed by atoms with Crippen molar-refractivity contribution in [1.82, 2.24) is 15.2 Å². The van der Waals surface area contributed by atoms with Crippen molar-refractivity contribution in [3.63, 3.8) is 0 Å². The summed E-state index contributed by atoms with van der Waals surface area (Å²) in [4.78, 5) is 3.16. The van der Waals surface area contributed by atoms with Crippen LogP contribution in [0.5, 0.6) is 5.75 Å². The molecule has 0 aliphatic heterocycles. The van der Waals surface area contributed by atoms with Crippen molar-refractivity contribution >= 4 is 22.2 Å². The summed E-state index contributed by atoms with van der Waals surface area (Å²) in [5, 5.41) is 11.4. The smallest absolute Gasteiger partial charge is 0.155 e. The largest absolute Gasteiger partial charge is 0.486 e. The van der Waals surface area contributed by atoms with Gasteiger partial charge in [0.2, 0.25) is 0 Å².